The highest BCUT2D eigenvalue weighted by molar-refractivity contribution is 7.90. The maximum absolute atomic E-state index is 12.8. The van der Waals surface area contributed by atoms with Gasteiger partial charge in [0, 0.05) is 35.3 Å². The summed E-state index contributed by atoms with van der Waals surface area (Å²) in [4.78, 5) is 35.5. The number of anilines is 1. The van der Waals surface area contributed by atoms with Gasteiger partial charge in [-0.2, -0.15) is 0 Å². The first-order valence-electron chi connectivity index (χ1n) is 9.52. The number of pyridine rings is 2. The second-order valence-corrected chi connectivity index (χ2v) is 9.35. The van der Waals surface area contributed by atoms with Crippen LogP contribution < -0.4 is 10.2 Å². The molecular weight excluding hydrogens is 416 g/mol. The molecule has 0 unspecified atom stereocenters. The van der Waals surface area contributed by atoms with Crippen molar-refractivity contribution in [3.63, 3.8) is 0 Å². The summed E-state index contributed by atoms with van der Waals surface area (Å²) in [5.41, 5.74) is 3.41. The van der Waals surface area contributed by atoms with Crippen LogP contribution in [0.25, 0.3) is 0 Å². The van der Waals surface area contributed by atoms with E-state index < -0.39 is 15.7 Å². The Hall–Kier alpha value is -3.59. The lowest BCUT2D eigenvalue weighted by Gasteiger charge is -2.14. The predicted molar refractivity (Wildman–Crippen MR) is 114 cm³/mol. The van der Waals surface area contributed by atoms with Crippen molar-refractivity contribution in [2.24, 2.45) is 0 Å². The molecule has 0 fully saturated rings. The molecule has 3 heterocycles. The fraction of sp³-hybridized carbons (Fsp3) is 0.182. The number of sulfone groups is 1. The van der Waals surface area contributed by atoms with Gasteiger partial charge in [0.2, 0.25) is 0 Å². The number of hydrogen-bond donors (Lipinski definition) is 1. The summed E-state index contributed by atoms with van der Waals surface area (Å²) in [6.45, 7) is 2.20. The minimum Gasteiger partial charge on any atom is -0.346 e. The van der Waals surface area contributed by atoms with Crippen molar-refractivity contribution in [2.45, 2.75) is 24.9 Å². The summed E-state index contributed by atoms with van der Waals surface area (Å²) in [7, 11) is -3.44. The van der Waals surface area contributed by atoms with E-state index in [4.69, 9.17) is 0 Å². The molecule has 31 heavy (non-hydrogen) atoms. The number of carbonyl (C=O) groups excluding carboxylic acids is 2. The lowest BCUT2D eigenvalue weighted by atomic mass is 10.1. The zero-order chi connectivity index (χ0) is 22.2. The van der Waals surface area contributed by atoms with E-state index in [2.05, 4.69) is 15.3 Å². The molecule has 0 spiro atoms. The highest BCUT2D eigenvalue weighted by atomic mass is 32.2. The number of fused-ring (bicyclic) bond motifs is 1. The van der Waals surface area contributed by atoms with Crippen molar-refractivity contribution in [1.82, 2.24) is 15.3 Å². The average molecular weight is 436 g/mol. The van der Waals surface area contributed by atoms with E-state index >= 15 is 0 Å². The Balaban J connectivity index is 1.49. The van der Waals surface area contributed by atoms with Crippen molar-refractivity contribution in [3.8, 4) is 0 Å². The van der Waals surface area contributed by atoms with E-state index in [1.807, 2.05) is 6.07 Å². The van der Waals surface area contributed by atoms with E-state index in [1.165, 1.54) is 6.07 Å². The van der Waals surface area contributed by atoms with Crippen LogP contribution in [-0.4, -0.2) is 36.5 Å². The van der Waals surface area contributed by atoms with Crippen LogP contribution in [0.5, 0.6) is 0 Å². The topological polar surface area (TPSA) is 109 Å². The summed E-state index contributed by atoms with van der Waals surface area (Å²) in [5, 5.41) is 2.73. The molecule has 1 N–H and O–H groups in total. The van der Waals surface area contributed by atoms with Gasteiger partial charge in [-0.25, -0.2) is 8.42 Å². The third-order valence-corrected chi connectivity index (χ3v) is 6.32. The maximum atomic E-state index is 12.8. The molecule has 0 bridgehead atoms. The molecule has 2 amide bonds. The lowest BCUT2D eigenvalue weighted by molar-refractivity contribution is 0.0949. The summed E-state index contributed by atoms with van der Waals surface area (Å²) < 4.78 is 23.8. The van der Waals surface area contributed by atoms with E-state index in [0.717, 1.165) is 11.8 Å². The van der Waals surface area contributed by atoms with Gasteiger partial charge in [0.15, 0.2) is 9.84 Å². The molecule has 0 saturated heterocycles. The van der Waals surface area contributed by atoms with Gasteiger partial charge >= 0.3 is 0 Å². The minimum absolute atomic E-state index is 0.106. The molecule has 3 aromatic rings. The zero-order valence-corrected chi connectivity index (χ0v) is 17.8. The highest BCUT2D eigenvalue weighted by Crippen LogP contribution is 2.27. The molecule has 1 aromatic carbocycles. The van der Waals surface area contributed by atoms with Gasteiger partial charge in [0.25, 0.3) is 11.8 Å². The van der Waals surface area contributed by atoms with Crippen LogP contribution in [-0.2, 0) is 22.9 Å². The minimum atomic E-state index is -3.44. The normalized spacial score (nSPS) is 13.2. The fourth-order valence-electron chi connectivity index (χ4n) is 3.47. The highest BCUT2D eigenvalue weighted by Gasteiger charge is 2.29. The van der Waals surface area contributed by atoms with Crippen LogP contribution in [0.4, 0.5) is 5.69 Å². The van der Waals surface area contributed by atoms with E-state index in [1.54, 1.807) is 54.7 Å². The van der Waals surface area contributed by atoms with Gasteiger partial charge in [-0.15, -0.1) is 0 Å². The Labute approximate surface area is 179 Å². The third-order valence-electron chi connectivity index (χ3n) is 5.08. The molecule has 4 rings (SSSR count). The molecule has 0 aliphatic carbocycles. The summed E-state index contributed by atoms with van der Waals surface area (Å²) in [5.74, 6) is -0.565. The summed E-state index contributed by atoms with van der Waals surface area (Å²) >= 11 is 0. The second kappa shape index (κ2) is 7.92. The summed E-state index contributed by atoms with van der Waals surface area (Å²) in [6, 6.07) is 9.80. The van der Waals surface area contributed by atoms with Crippen molar-refractivity contribution in [1.29, 1.82) is 0 Å². The van der Waals surface area contributed by atoms with Crippen LogP contribution in [0.3, 0.4) is 0 Å². The predicted octanol–water partition coefficient (Wildman–Crippen LogP) is 2.28. The number of benzene rings is 1. The molecule has 0 radical (unpaired) electrons. The Bertz CT molecular complexity index is 1290. The van der Waals surface area contributed by atoms with Gasteiger partial charge in [-0.1, -0.05) is 6.07 Å². The second-order valence-electron chi connectivity index (χ2n) is 7.37. The van der Waals surface area contributed by atoms with E-state index in [-0.39, 0.29) is 22.9 Å². The number of hydrogen-bond acceptors (Lipinski definition) is 6. The monoisotopic (exact) mass is 436 g/mol. The fourth-order valence-corrected chi connectivity index (χ4v) is 4.47. The van der Waals surface area contributed by atoms with Crippen molar-refractivity contribution in [3.05, 3.63) is 82.9 Å². The Kier molecular flexibility index (Phi) is 5.28. The van der Waals surface area contributed by atoms with Crippen LogP contribution in [0.2, 0.25) is 0 Å². The van der Waals surface area contributed by atoms with Crippen molar-refractivity contribution in [2.75, 3.05) is 11.2 Å². The van der Waals surface area contributed by atoms with Crippen LogP contribution in [0.15, 0.2) is 59.9 Å². The number of nitrogens with one attached hydrogen (secondary N) is 1. The molecular formula is C22H20N4O4S. The largest absolute Gasteiger partial charge is 0.346 e. The standard InChI is InChI=1S/C22H20N4O4S/c1-14-5-6-15(8-20(14)31(2,29)30)21(27)25-11-17-9-19-16(10-24-17)13-26(22(19)28)18-4-3-7-23-12-18/h3-10,12H,11,13H2,1-2H3,(H,25,27). The lowest BCUT2D eigenvalue weighted by Crippen LogP contribution is -2.24. The number of amides is 2. The maximum Gasteiger partial charge on any atom is 0.259 e. The number of carbonyl (C=O) groups is 2. The van der Waals surface area contributed by atoms with E-state index in [0.29, 0.717) is 29.1 Å². The Morgan fingerprint density at radius 2 is 2.00 bits per heavy atom. The molecule has 8 nitrogen and oxygen atoms in total. The van der Waals surface area contributed by atoms with Gasteiger partial charge in [0.05, 0.1) is 35.6 Å². The van der Waals surface area contributed by atoms with Crippen molar-refractivity contribution < 1.29 is 18.0 Å². The van der Waals surface area contributed by atoms with Gasteiger partial charge < -0.3 is 10.2 Å². The third kappa shape index (κ3) is 4.17. The molecule has 1 aliphatic heterocycles. The first-order valence-corrected chi connectivity index (χ1v) is 11.4. The Morgan fingerprint density at radius 3 is 2.71 bits per heavy atom. The van der Waals surface area contributed by atoms with Gasteiger partial charge in [-0.3, -0.25) is 19.6 Å². The number of nitrogens with zero attached hydrogens (tertiary/aromatic N) is 3. The molecule has 158 valence electrons. The van der Waals surface area contributed by atoms with Gasteiger partial charge in [0.1, 0.15) is 0 Å². The number of rotatable bonds is 5. The van der Waals surface area contributed by atoms with E-state index in [9.17, 15) is 18.0 Å². The van der Waals surface area contributed by atoms with Crippen LogP contribution >= 0.6 is 0 Å². The Morgan fingerprint density at radius 1 is 1.19 bits per heavy atom. The van der Waals surface area contributed by atoms with Gasteiger partial charge in [-0.05, 0) is 42.8 Å². The molecule has 2 aromatic heterocycles. The average Bonchev–Trinajstić information content (AvgIpc) is 3.08. The molecule has 1 aliphatic rings. The zero-order valence-electron chi connectivity index (χ0n) is 17.0. The number of aromatic nitrogens is 2. The first kappa shape index (κ1) is 20.7. The quantitative estimate of drug-likeness (QED) is 0.657. The number of aryl methyl sites for hydroxylation is 1. The summed E-state index contributed by atoms with van der Waals surface area (Å²) in [6.07, 6.45) is 6.02. The SMILES string of the molecule is Cc1ccc(C(=O)NCc2cc3c(cn2)CN(c2cccnc2)C3=O)cc1S(C)(=O)=O. The molecule has 0 atom stereocenters. The van der Waals surface area contributed by atoms with Crippen molar-refractivity contribution >= 4 is 27.3 Å². The van der Waals surface area contributed by atoms with Crippen LogP contribution in [0, 0.1) is 6.92 Å². The smallest absolute Gasteiger partial charge is 0.259 e. The molecule has 0 saturated carbocycles. The first-order chi connectivity index (χ1) is 14.7. The molecule has 9 heteroatoms. The van der Waals surface area contributed by atoms with Crippen LogP contribution in [0.1, 0.15) is 37.5 Å².